The van der Waals surface area contributed by atoms with Crippen LogP contribution in [0, 0.1) is 0 Å². The summed E-state index contributed by atoms with van der Waals surface area (Å²) in [5, 5.41) is 0. The number of hydrogen-bond donors (Lipinski definition) is 0. The summed E-state index contributed by atoms with van der Waals surface area (Å²) in [4.78, 5) is 0. The van der Waals surface area contributed by atoms with Crippen molar-refractivity contribution in [1.82, 2.24) is 0 Å². The van der Waals surface area contributed by atoms with Crippen molar-refractivity contribution in [3.8, 4) is 0 Å². The Kier molecular flexibility index (Phi) is 16.2. The summed E-state index contributed by atoms with van der Waals surface area (Å²) >= 11 is 0. The van der Waals surface area contributed by atoms with Crippen LogP contribution in [-0.4, -0.2) is 0 Å². The fraction of sp³-hybridized carbons (Fsp3) is 0.750. The molecule has 16 heavy (non-hydrogen) atoms. The van der Waals surface area contributed by atoms with E-state index in [9.17, 15) is 0 Å². The highest BCUT2D eigenvalue weighted by atomic mass is 13.9. The van der Waals surface area contributed by atoms with Crippen molar-refractivity contribution in [2.75, 3.05) is 0 Å². The molecule has 0 heterocycles. The maximum absolute atomic E-state index is 3.93. The van der Waals surface area contributed by atoms with Crippen LogP contribution in [0.5, 0.6) is 0 Å². The highest BCUT2D eigenvalue weighted by molar-refractivity contribution is 4.99. The fourth-order valence-corrected chi connectivity index (χ4v) is 1.66. The van der Waals surface area contributed by atoms with Crippen LogP contribution in [-0.2, 0) is 0 Å². The molecule has 0 bridgehead atoms. The lowest BCUT2D eigenvalue weighted by atomic mass is 10.1. The minimum absolute atomic E-state index is 1.19. The van der Waals surface area contributed by atoms with Gasteiger partial charge < -0.3 is 0 Å². The van der Waals surface area contributed by atoms with Crippen molar-refractivity contribution in [2.24, 2.45) is 0 Å². The van der Waals surface area contributed by atoms with E-state index in [1.165, 1.54) is 50.5 Å². The zero-order chi connectivity index (χ0) is 12.8. The molecular formula is C16H32. The molecule has 0 rings (SSSR count). The van der Waals surface area contributed by atoms with Crippen LogP contribution in [0.25, 0.3) is 0 Å². The predicted molar refractivity (Wildman–Crippen MR) is 77.9 cm³/mol. The zero-order valence-electron chi connectivity index (χ0n) is 12.2. The highest BCUT2D eigenvalue weighted by Gasteiger charge is 1.87. The van der Waals surface area contributed by atoms with E-state index < -0.39 is 0 Å². The number of allylic oxidation sites excluding steroid dienone is 3. The molecule has 0 nitrogen and oxygen atoms in total. The van der Waals surface area contributed by atoms with Crippen molar-refractivity contribution in [3.63, 3.8) is 0 Å². The lowest BCUT2D eigenvalue weighted by Crippen LogP contribution is -1.77. The minimum Gasteiger partial charge on any atom is -0.0999 e. The third kappa shape index (κ3) is 13.5. The first-order valence-corrected chi connectivity index (χ1v) is 7.00. The van der Waals surface area contributed by atoms with Crippen LogP contribution in [0.3, 0.4) is 0 Å². The van der Waals surface area contributed by atoms with Crippen LogP contribution in [0.4, 0.5) is 0 Å². The lowest BCUT2D eigenvalue weighted by molar-refractivity contribution is 0.807. The molecule has 0 spiro atoms. The van der Waals surface area contributed by atoms with E-state index in [0.29, 0.717) is 0 Å². The molecule has 0 aliphatic heterocycles. The first-order chi connectivity index (χ1) is 7.65. The van der Waals surface area contributed by atoms with Gasteiger partial charge in [-0.05, 0) is 32.1 Å². The molecule has 0 saturated carbocycles. The van der Waals surface area contributed by atoms with Crippen molar-refractivity contribution < 1.29 is 0 Å². The summed E-state index contributed by atoms with van der Waals surface area (Å²) in [7, 11) is 0. The van der Waals surface area contributed by atoms with Crippen LogP contribution in [0.1, 0.15) is 79.6 Å². The van der Waals surface area contributed by atoms with Gasteiger partial charge in [0.15, 0.2) is 0 Å². The average Bonchev–Trinajstić information content (AvgIpc) is 2.27. The quantitative estimate of drug-likeness (QED) is 0.446. The molecule has 0 aromatic heterocycles. The van der Waals surface area contributed by atoms with Gasteiger partial charge in [0.25, 0.3) is 0 Å². The van der Waals surface area contributed by atoms with Gasteiger partial charge in [0, 0.05) is 0 Å². The SMILES string of the molecule is C=C(CCC)CCC.CCC=C(CC)CC. The third-order valence-electron chi connectivity index (χ3n) is 2.61. The summed E-state index contributed by atoms with van der Waals surface area (Å²) < 4.78 is 0. The van der Waals surface area contributed by atoms with Crippen LogP contribution in [0.15, 0.2) is 23.8 Å². The molecule has 0 atom stereocenters. The van der Waals surface area contributed by atoms with Crippen molar-refractivity contribution in [2.45, 2.75) is 79.6 Å². The van der Waals surface area contributed by atoms with Crippen LogP contribution in [0.2, 0.25) is 0 Å². The second-order valence-electron chi connectivity index (χ2n) is 4.23. The van der Waals surface area contributed by atoms with Gasteiger partial charge in [0.2, 0.25) is 0 Å². The van der Waals surface area contributed by atoms with Gasteiger partial charge in [-0.2, -0.15) is 0 Å². The molecule has 0 radical (unpaired) electrons. The Bertz CT molecular complexity index is 160. The van der Waals surface area contributed by atoms with E-state index in [4.69, 9.17) is 0 Å². The smallest absolute Gasteiger partial charge is 0.0326 e. The summed E-state index contributed by atoms with van der Waals surface area (Å²) in [6.45, 7) is 14.9. The molecule has 0 aliphatic rings. The van der Waals surface area contributed by atoms with Gasteiger partial charge in [0.05, 0.1) is 0 Å². The van der Waals surface area contributed by atoms with Crippen LogP contribution >= 0.6 is 0 Å². The maximum atomic E-state index is 3.93. The standard InChI is InChI=1S/2C8H16/c1-4-6-8(3)7-5-2;1-4-7-8(5-2)6-3/h3-7H2,1-2H3;7H,4-6H2,1-3H3. The molecule has 96 valence electrons. The molecule has 0 fully saturated rings. The van der Waals surface area contributed by atoms with Gasteiger partial charge in [-0.3, -0.25) is 0 Å². The summed E-state index contributed by atoms with van der Waals surface area (Å²) in [6.07, 6.45) is 10.9. The van der Waals surface area contributed by atoms with Crippen LogP contribution < -0.4 is 0 Å². The van der Waals surface area contributed by atoms with Crippen molar-refractivity contribution >= 4 is 0 Å². The number of rotatable bonds is 7. The minimum atomic E-state index is 1.19. The zero-order valence-corrected chi connectivity index (χ0v) is 12.2. The predicted octanol–water partition coefficient (Wildman–Crippen LogP) is 6.29. The Balaban J connectivity index is 0. The molecular weight excluding hydrogens is 192 g/mol. The third-order valence-corrected chi connectivity index (χ3v) is 2.61. The Morgan fingerprint density at radius 3 is 1.50 bits per heavy atom. The number of hydrogen-bond acceptors (Lipinski definition) is 0. The van der Waals surface area contributed by atoms with Gasteiger partial charge in [0.1, 0.15) is 0 Å². The van der Waals surface area contributed by atoms with E-state index >= 15 is 0 Å². The van der Waals surface area contributed by atoms with Gasteiger partial charge in [-0.1, -0.05) is 71.3 Å². The Morgan fingerprint density at radius 2 is 1.31 bits per heavy atom. The first kappa shape index (κ1) is 17.9. The summed E-state index contributed by atoms with van der Waals surface area (Å²) in [6, 6.07) is 0. The molecule has 0 unspecified atom stereocenters. The van der Waals surface area contributed by atoms with E-state index in [-0.39, 0.29) is 0 Å². The second kappa shape index (κ2) is 14.5. The molecule has 0 heteroatoms. The first-order valence-electron chi connectivity index (χ1n) is 7.00. The van der Waals surface area contributed by atoms with Gasteiger partial charge in [-0.25, -0.2) is 0 Å². The average molecular weight is 224 g/mol. The summed E-state index contributed by atoms with van der Waals surface area (Å²) in [5.41, 5.74) is 3.00. The molecule has 0 amide bonds. The van der Waals surface area contributed by atoms with Gasteiger partial charge >= 0.3 is 0 Å². The summed E-state index contributed by atoms with van der Waals surface area (Å²) in [5.74, 6) is 0. The Morgan fingerprint density at radius 1 is 0.875 bits per heavy atom. The molecule has 0 saturated heterocycles. The van der Waals surface area contributed by atoms with E-state index in [0.717, 1.165) is 0 Å². The van der Waals surface area contributed by atoms with E-state index in [1.807, 2.05) is 0 Å². The highest BCUT2D eigenvalue weighted by Crippen LogP contribution is 2.07. The molecule has 0 aromatic carbocycles. The Hall–Kier alpha value is -0.520. The second-order valence-corrected chi connectivity index (χ2v) is 4.23. The van der Waals surface area contributed by atoms with E-state index in [2.05, 4.69) is 47.3 Å². The molecule has 0 aliphatic carbocycles. The lowest BCUT2D eigenvalue weighted by Gasteiger charge is -1.97. The monoisotopic (exact) mass is 224 g/mol. The molecule has 0 N–H and O–H groups in total. The fourth-order valence-electron chi connectivity index (χ4n) is 1.66. The topological polar surface area (TPSA) is 0 Å². The van der Waals surface area contributed by atoms with Gasteiger partial charge in [-0.15, -0.1) is 0 Å². The maximum Gasteiger partial charge on any atom is -0.0326 e. The van der Waals surface area contributed by atoms with Crippen molar-refractivity contribution in [3.05, 3.63) is 23.8 Å². The Labute approximate surface area is 104 Å². The largest absolute Gasteiger partial charge is 0.0999 e. The van der Waals surface area contributed by atoms with E-state index in [1.54, 1.807) is 5.57 Å². The van der Waals surface area contributed by atoms with Crippen molar-refractivity contribution in [1.29, 1.82) is 0 Å². The molecule has 0 aromatic rings. The normalized spacial score (nSPS) is 9.06.